The van der Waals surface area contributed by atoms with Gasteiger partial charge in [-0.05, 0) is 50.6 Å². The van der Waals surface area contributed by atoms with Crippen LogP contribution in [0.1, 0.15) is 43.4 Å². The molecule has 0 aromatic heterocycles. The lowest BCUT2D eigenvalue weighted by Gasteiger charge is -2.27. The van der Waals surface area contributed by atoms with Crippen LogP contribution >= 0.6 is 0 Å². The smallest absolute Gasteiger partial charge is 0.128 e. The summed E-state index contributed by atoms with van der Waals surface area (Å²) in [4.78, 5) is 7.14. The minimum atomic E-state index is 0.171. The first-order chi connectivity index (χ1) is 13.7. The standard InChI is InChI=1S/C23H30N2O3/c1-3-14-28-19-11-10-18(22(26)15-19)16-24-17-21(25-12-6-7-13-25)20-8-4-5-9-23(20)27-2/h4-5,8-11,15-16,21,26H,3,6-7,12-14,17H2,1-2H3/t21-/m1/s1. The first-order valence-corrected chi connectivity index (χ1v) is 10.1. The Hall–Kier alpha value is -2.53. The summed E-state index contributed by atoms with van der Waals surface area (Å²) in [5, 5.41) is 10.3. The summed E-state index contributed by atoms with van der Waals surface area (Å²) < 4.78 is 11.1. The van der Waals surface area contributed by atoms with Gasteiger partial charge in [0.2, 0.25) is 0 Å². The fraction of sp³-hybridized carbons (Fsp3) is 0.435. The molecule has 1 fully saturated rings. The SMILES string of the molecule is CCCOc1ccc(C=NC[C@H](c2ccccc2OC)N2CCCC2)c(O)c1. The quantitative estimate of drug-likeness (QED) is 0.651. The fourth-order valence-corrected chi connectivity index (χ4v) is 3.60. The maximum absolute atomic E-state index is 10.3. The van der Waals surface area contributed by atoms with Crippen molar-refractivity contribution >= 4 is 6.21 Å². The van der Waals surface area contributed by atoms with Crippen molar-refractivity contribution in [1.82, 2.24) is 4.90 Å². The van der Waals surface area contributed by atoms with Crippen LogP contribution in [0.25, 0.3) is 0 Å². The van der Waals surface area contributed by atoms with E-state index in [0.717, 1.165) is 30.8 Å². The molecule has 2 aromatic carbocycles. The third-order valence-corrected chi connectivity index (χ3v) is 5.06. The number of likely N-dealkylation sites (tertiary alicyclic amines) is 1. The van der Waals surface area contributed by atoms with E-state index in [9.17, 15) is 5.11 Å². The van der Waals surface area contributed by atoms with Gasteiger partial charge in [0.1, 0.15) is 17.2 Å². The first-order valence-electron chi connectivity index (χ1n) is 10.1. The lowest BCUT2D eigenvalue weighted by atomic mass is 10.0. The highest BCUT2D eigenvalue weighted by molar-refractivity contribution is 5.83. The van der Waals surface area contributed by atoms with Crippen LogP contribution in [0.3, 0.4) is 0 Å². The second-order valence-corrected chi connectivity index (χ2v) is 7.06. The van der Waals surface area contributed by atoms with E-state index in [1.54, 1.807) is 19.4 Å². The average Bonchev–Trinajstić information content (AvgIpc) is 3.25. The summed E-state index contributed by atoms with van der Waals surface area (Å²) in [6.45, 7) is 5.47. The van der Waals surface area contributed by atoms with Gasteiger partial charge in [-0.25, -0.2) is 0 Å². The van der Waals surface area contributed by atoms with E-state index in [-0.39, 0.29) is 11.8 Å². The molecule has 5 heteroatoms. The maximum Gasteiger partial charge on any atom is 0.128 e. The summed E-state index contributed by atoms with van der Waals surface area (Å²) in [5.41, 5.74) is 1.86. The molecule has 0 spiro atoms. The molecule has 0 radical (unpaired) electrons. The number of ether oxygens (including phenoxy) is 2. The van der Waals surface area contributed by atoms with Crippen molar-refractivity contribution in [2.75, 3.05) is 33.4 Å². The minimum Gasteiger partial charge on any atom is -0.507 e. The average molecular weight is 383 g/mol. The van der Waals surface area contributed by atoms with Crippen LogP contribution in [0.15, 0.2) is 47.5 Å². The number of hydrogen-bond donors (Lipinski definition) is 1. The highest BCUT2D eigenvalue weighted by Crippen LogP contribution is 2.32. The number of phenols is 1. The molecule has 28 heavy (non-hydrogen) atoms. The van der Waals surface area contributed by atoms with Crippen molar-refractivity contribution in [3.63, 3.8) is 0 Å². The molecule has 0 amide bonds. The molecule has 1 atom stereocenters. The Morgan fingerprint density at radius 3 is 2.68 bits per heavy atom. The zero-order valence-electron chi connectivity index (χ0n) is 16.8. The Morgan fingerprint density at radius 1 is 1.18 bits per heavy atom. The Labute approximate surface area is 167 Å². The molecular weight excluding hydrogens is 352 g/mol. The predicted molar refractivity (Wildman–Crippen MR) is 113 cm³/mol. The third kappa shape index (κ3) is 5.04. The van der Waals surface area contributed by atoms with Gasteiger partial charge in [-0.15, -0.1) is 0 Å². The van der Waals surface area contributed by atoms with Crippen LogP contribution in [-0.2, 0) is 0 Å². The lowest BCUT2D eigenvalue weighted by molar-refractivity contribution is 0.246. The van der Waals surface area contributed by atoms with Gasteiger partial charge in [-0.1, -0.05) is 25.1 Å². The normalized spacial score (nSPS) is 15.8. The van der Waals surface area contributed by atoms with E-state index in [1.165, 1.54) is 12.8 Å². The summed E-state index contributed by atoms with van der Waals surface area (Å²) in [5.74, 6) is 1.77. The van der Waals surface area contributed by atoms with Gasteiger partial charge in [0, 0.05) is 23.4 Å². The van der Waals surface area contributed by atoms with Crippen LogP contribution in [-0.4, -0.2) is 49.6 Å². The van der Waals surface area contributed by atoms with Crippen LogP contribution in [0.2, 0.25) is 0 Å². The number of aromatic hydroxyl groups is 1. The molecule has 0 bridgehead atoms. The number of methoxy groups -OCH3 is 1. The Balaban J connectivity index is 1.75. The Morgan fingerprint density at radius 2 is 1.96 bits per heavy atom. The van der Waals surface area contributed by atoms with Gasteiger partial charge in [-0.3, -0.25) is 9.89 Å². The Bertz CT molecular complexity index is 785. The Kier molecular flexibility index (Phi) is 7.31. The number of nitrogens with zero attached hydrogens (tertiary/aromatic N) is 2. The van der Waals surface area contributed by atoms with Gasteiger partial charge < -0.3 is 14.6 Å². The van der Waals surface area contributed by atoms with Gasteiger partial charge in [0.15, 0.2) is 0 Å². The van der Waals surface area contributed by atoms with Crippen molar-refractivity contribution < 1.29 is 14.6 Å². The van der Waals surface area contributed by atoms with Crippen molar-refractivity contribution in [3.8, 4) is 17.2 Å². The highest BCUT2D eigenvalue weighted by Gasteiger charge is 2.25. The molecule has 2 aromatic rings. The van der Waals surface area contributed by atoms with E-state index in [0.29, 0.717) is 24.5 Å². The summed E-state index contributed by atoms with van der Waals surface area (Å²) >= 11 is 0. The van der Waals surface area contributed by atoms with E-state index in [4.69, 9.17) is 9.47 Å². The van der Waals surface area contributed by atoms with Gasteiger partial charge in [0.05, 0.1) is 26.3 Å². The van der Waals surface area contributed by atoms with E-state index < -0.39 is 0 Å². The van der Waals surface area contributed by atoms with E-state index in [2.05, 4.69) is 22.9 Å². The molecule has 3 rings (SSSR count). The number of benzene rings is 2. The number of phenolic OH excluding ortho intramolecular Hbond substituents is 1. The lowest BCUT2D eigenvalue weighted by Crippen LogP contribution is -2.28. The molecule has 5 nitrogen and oxygen atoms in total. The van der Waals surface area contributed by atoms with Crippen LogP contribution in [0, 0.1) is 0 Å². The molecule has 1 aliphatic rings. The van der Waals surface area contributed by atoms with Crippen molar-refractivity contribution in [2.45, 2.75) is 32.2 Å². The van der Waals surface area contributed by atoms with Crippen LogP contribution < -0.4 is 9.47 Å². The molecule has 150 valence electrons. The maximum atomic E-state index is 10.3. The number of hydrogen-bond acceptors (Lipinski definition) is 5. The van der Waals surface area contributed by atoms with Crippen molar-refractivity contribution in [2.24, 2.45) is 4.99 Å². The number of para-hydroxylation sites is 1. The molecule has 1 heterocycles. The largest absolute Gasteiger partial charge is 0.507 e. The van der Waals surface area contributed by atoms with Gasteiger partial charge in [-0.2, -0.15) is 0 Å². The fourth-order valence-electron chi connectivity index (χ4n) is 3.60. The number of rotatable bonds is 9. The van der Waals surface area contributed by atoms with Gasteiger partial charge >= 0.3 is 0 Å². The summed E-state index contributed by atoms with van der Waals surface area (Å²) in [7, 11) is 1.71. The molecule has 1 saturated heterocycles. The van der Waals surface area contributed by atoms with Crippen molar-refractivity contribution in [1.29, 1.82) is 0 Å². The van der Waals surface area contributed by atoms with Crippen LogP contribution in [0.5, 0.6) is 17.2 Å². The third-order valence-electron chi connectivity index (χ3n) is 5.06. The molecule has 0 unspecified atom stereocenters. The molecule has 0 aliphatic carbocycles. The zero-order valence-corrected chi connectivity index (χ0v) is 16.8. The second-order valence-electron chi connectivity index (χ2n) is 7.06. The van der Waals surface area contributed by atoms with Gasteiger partial charge in [0.25, 0.3) is 0 Å². The van der Waals surface area contributed by atoms with Crippen molar-refractivity contribution in [3.05, 3.63) is 53.6 Å². The minimum absolute atomic E-state index is 0.171. The predicted octanol–water partition coefficient (Wildman–Crippen LogP) is 4.45. The highest BCUT2D eigenvalue weighted by atomic mass is 16.5. The monoisotopic (exact) mass is 382 g/mol. The van der Waals surface area contributed by atoms with E-state index in [1.807, 2.05) is 30.3 Å². The summed E-state index contributed by atoms with van der Waals surface area (Å²) in [6, 6.07) is 13.7. The second kappa shape index (κ2) is 10.1. The molecule has 1 aliphatic heterocycles. The first kappa shape index (κ1) is 20.2. The molecule has 1 N–H and O–H groups in total. The molecular formula is C23H30N2O3. The van der Waals surface area contributed by atoms with E-state index >= 15 is 0 Å². The zero-order chi connectivity index (χ0) is 19.8. The topological polar surface area (TPSA) is 54.3 Å². The van der Waals surface area contributed by atoms with Crippen LogP contribution in [0.4, 0.5) is 0 Å². The summed E-state index contributed by atoms with van der Waals surface area (Å²) in [6.07, 6.45) is 5.12. The molecule has 0 saturated carbocycles. The number of aliphatic imine (C=N–C) groups is 1.